The Kier molecular flexibility index (Phi) is 9.81. The molecule has 0 spiro atoms. The van der Waals surface area contributed by atoms with Gasteiger partial charge in [0.2, 0.25) is 5.89 Å². The molecule has 0 aliphatic rings. The largest absolute Gasteiger partial charge is 0.356 e. The Morgan fingerprint density at radius 1 is 1.28 bits per heavy atom. The second kappa shape index (κ2) is 11.3. The summed E-state index contributed by atoms with van der Waals surface area (Å²) in [6, 6.07) is 7.76. The van der Waals surface area contributed by atoms with E-state index >= 15 is 0 Å². The van der Waals surface area contributed by atoms with Crippen LogP contribution < -0.4 is 10.6 Å². The summed E-state index contributed by atoms with van der Waals surface area (Å²) in [7, 11) is 1.74. The van der Waals surface area contributed by atoms with Gasteiger partial charge in [0.1, 0.15) is 0 Å². The first kappa shape index (κ1) is 21.7. The monoisotopic (exact) mass is 477 g/mol. The number of benzene rings is 1. The third kappa shape index (κ3) is 7.19. The molecule has 0 radical (unpaired) electrons. The molecule has 0 saturated heterocycles. The van der Waals surface area contributed by atoms with Gasteiger partial charge in [0.15, 0.2) is 11.8 Å². The number of nitrogens with one attached hydrogen (secondary N) is 2. The Hall–Kier alpha value is -1.35. The fourth-order valence-electron chi connectivity index (χ4n) is 2.09. The Labute approximate surface area is 170 Å². The van der Waals surface area contributed by atoms with Crippen LogP contribution in [0.2, 0.25) is 5.02 Å². The molecule has 2 N–H and O–H groups in total. The van der Waals surface area contributed by atoms with E-state index in [9.17, 15) is 0 Å². The van der Waals surface area contributed by atoms with Gasteiger partial charge in [-0.15, -0.1) is 24.0 Å². The third-order valence-electron chi connectivity index (χ3n) is 3.49. The minimum absolute atomic E-state index is 0. The molecular weight excluding hydrogens is 453 g/mol. The SMILES string of the molecule is CN=C(NCCCc1nc(C(C)C)no1)NCc1ccccc1Cl.I. The maximum absolute atomic E-state index is 6.15. The van der Waals surface area contributed by atoms with E-state index < -0.39 is 0 Å². The van der Waals surface area contributed by atoms with Gasteiger partial charge in [-0.05, 0) is 18.1 Å². The predicted octanol–water partition coefficient (Wildman–Crippen LogP) is 3.76. The van der Waals surface area contributed by atoms with Crippen molar-refractivity contribution in [3.05, 3.63) is 46.6 Å². The summed E-state index contributed by atoms with van der Waals surface area (Å²) in [6.45, 7) is 5.48. The fourth-order valence-corrected chi connectivity index (χ4v) is 2.29. The molecule has 1 heterocycles. The van der Waals surface area contributed by atoms with Gasteiger partial charge >= 0.3 is 0 Å². The van der Waals surface area contributed by atoms with Crippen molar-refractivity contribution in [2.24, 2.45) is 4.99 Å². The van der Waals surface area contributed by atoms with E-state index in [-0.39, 0.29) is 29.9 Å². The lowest BCUT2D eigenvalue weighted by Crippen LogP contribution is -2.37. The Morgan fingerprint density at radius 2 is 2.04 bits per heavy atom. The van der Waals surface area contributed by atoms with E-state index in [1.165, 1.54) is 0 Å². The maximum atomic E-state index is 6.15. The van der Waals surface area contributed by atoms with Crippen LogP contribution in [0.4, 0.5) is 0 Å². The van der Waals surface area contributed by atoms with Crippen molar-refractivity contribution in [1.82, 2.24) is 20.8 Å². The van der Waals surface area contributed by atoms with Crippen molar-refractivity contribution in [3.63, 3.8) is 0 Å². The molecule has 1 aromatic heterocycles. The standard InChI is InChI=1S/C17H24ClN5O.HI/c1-12(2)16-22-15(24-23-16)9-6-10-20-17(19-3)21-11-13-7-4-5-8-14(13)18;/h4-5,7-8,12H,6,9-11H2,1-3H3,(H2,19,20,21);1H. The van der Waals surface area contributed by atoms with Crippen LogP contribution in [0, 0.1) is 0 Å². The zero-order valence-electron chi connectivity index (χ0n) is 14.8. The van der Waals surface area contributed by atoms with Crippen LogP contribution >= 0.6 is 35.6 Å². The van der Waals surface area contributed by atoms with Gasteiger partial charge in [0.05, 0.1) is 0 Å². The number of aryl methyl sites for hydroxylation is 1. The highest BCUT2D eigenvalue weighted by molar-refractivity contribution is 14.0. The topological polar surface area (TPSA) is 75.3 Å². The molecule has 8 heteroatoms. The van der Waals surface area contributed by atoms with Crippen LogP contribution in [-0.4, -0.2) is 29.7 Å². The second-order valence-electron chi connectivity index (χ2n) is 5.75. The molecule has 0 fully saturated rings. The van der Waals surface area contributed by atoms with Crippen molar-refractivity contribution >= 4 is 41.5 Å². The number of aromatic nitrogens is 2. The van der Waals surface area contributed by atoms with Crippen LogP contribution in [0.25, 0.3) is 0 Å². The summed E-state index contributed by atoms with van der Waals surface area (Å²) in [5.41, 5.74) is 1.04. The summed E-state index contributed by atoms with van der Waals surface area (Å²) in [5.74, 6) is 2.46. The molecule has 0 aliphatic heterocycles. The zero-order valence-corrected chi connectivity index (χ0v) is 17.8. The number of hydrogen-bond acceptors (Lipinski definition) is 4. The molecule has 0 amide bonds. The summed E-state index contributed by atoms with van der Waals surface area (Å²) < 4.78 is 5.23. The van der Waals surface area contributed by atoms with Gasteiger partial charge in [-0.3, -0.25) is 4.99 Å². The normalized spacial score (nSPS) is 11.3. The van der Waals surface area contributed by atoms with E-state index in [0.717, 1.165) is 41.8 Å². The van der Waals surface area contributed by atoms with E-state index in [2.05, 4.69) is 25.8 Å². The van der Waals surface area contributed by atoms with E-state index in [4.69, 9.17) is 16.1 Å². The summed E-state index contributed by atoms with van der Waals surface area (Å²) in [5, 5.41) is 11.2. The second-order valence-corrected chi connectivity index (χ2v) is 6.16. The molecule has 2 rings (SSSR count). The molecule has 138 valence electrons. The van der Waals surface area contributed by atoms with Gasteiger partial charge in [0.25, 0.3) is 0 Å². The molecular formula is C17H25ClIN5O. The number of rotatable bonds is 7. The van der Waals surface area contributed by atoms with E-state index in [0.29, 0.717) is 12.4 Å². The first-order chi connectivity index (χ1) is 11.6. The average Bonchev–Trinajstić information content (AvgIpc) is 3.05. The molecule has 6 nitrogen and oxygen atoms in total. The molecule has 0 atom stereocenters. The molecule has 0 aliphatic carbocycles. The van der Waals surface area contributed by atoms with Gasteiger partial charge < -0.3 is 15.2 Å². The first-order valence-electron chi connectivity index (χ1n) is 8.10. The number of halogens is 2. The summed E-state index contributed by atoms with van der Waals surface area (Å²) in [4.78, 5) is 8.57. The van der Waals surface area contributed by atoms with Gasteiger partial charge in [-0.2, -0.15) is 4.98 Å². The average molecular weight is 478 g/mol. The highest BCUT2D eigenvalue weighted by atomic mass is 127. The van der Waals surface area contributed by atoms with Gasteiger partial charge in [-0.1, -0.05) is 48.8 Å². The van der Waals surface area contributed by atoms with Crippen molar-refractivity contribution < 1.29 is 4.52 Å². The Bertz CT molecular complexity index is 675. The number of hydrogen-bond donors (Lipinski definition) is 2. The minimum Gasteiger partial charge on any atom is -0.356 e. The fraction of sp³-hybridized carbons (Fsp3) is 0.471. The third-order valence-corrected chi connectivity index (χ3v) is 3.86. The molecule has 2 aromatic rings. The maximum Gasteiger partial charge on any atom is 0.226 e. The molecule has 25 heavy (non-hydrogen) atoms. The first-order valence-corrected chi connectivity index (χ1v) is 8.48. The van der Waals surface area contributed by atoms with Crippen LogP contribution in [0.15, 0.2) is 33.8 Å². The molecule has 1 aromatic carbocycles. The molecule has 0 unspecified atom stereocenters. The van der Waals surface area contributed by atoms with Crippen LogP contribution in [0.1, 0.15) is 43.5 Å². The van der Waals surface area contributed by atoms with Crippen LogP contribution in [0.3, 0.4) is 0 Å². The lowest BCUT2D eigenvalue weighted by atomic mass is 10.2. The van der Waals surface area contributed by atoms with Crippen LogP contribution in [0.5, 0.6) is 0 Å². The van der Waals surface area contributed by atoms with Crippen molar-refractivity contribution in [2.75, 3.05) is 13.6 Å². The van der Waals surface area contributed by atoms with Crippen LogP contribution in [-0.2, 0) is 13.0 Å². The van der Waals surface area contributed by atoms with Crippen molar-refractivity contribution in [3.8, 4) is 0 Å². The highest BCUT2D eigenvalue weighted by Gasteiger charge is 2.09. The predicted molar refractivity (Wildman–Crippen MR) is 112 cm³/mol. The Morgan fingerprint density at radius 3 is 2.68 bits per heavy atom. The smallest absolute Gasteiger partial charge is 0.226 e. The zero-order chi connectivity index (χ0) is 17.4. The molecule has 0 saturated carbocycles. The Balaban J connectivity index is 0.00000312. The quantitative estimate of drug-likeness (QED) is 0.275. The lowest BCUT2D eigenvalue weighted by Gasteiger charge is -2.12. The number of guanidine groups is 1. The van der Waals surface area contributed by atoms with E-state index in [1.54, 1.807) is 7.05 Å². The molecule has 0 bridgehead atoms. The summed E-state index contributed by atoms with van der Waals surface area (Å²) in [6.07, 6.45) is 1.63. The van der Waals surface area contributed by atoms with Gasteiger partial charge in [0, 0.05) is 37.5 Å². The highest BCUT2D eigenvalue weighted by Crippen LogP contribution is 2.14. The van der Waals surface area contributed by atoms with Gasteiger partial charge in [-0.25, -0.2) is 0 Å². The minimum atomic E-state index is 0. The van der Waals surface area contributed by atoms with E-state index in [1.807, 2.05) is 38.1 Å². The van der Waals surface area contributed by atoms with Crippen molar-refractivity contribution in [1.29, 1.82) is 0 Å². The lowest BCUT2D eigenvalue weighted by molar-refractivity contribution is 0.368. The number of aliphatic imine (C=N–C) groups is 1. The summed E-state index contributed by atoms with van der Waals surface area (Å²) >= 11 is 6.15. The van der Waals surface area contributed by atoms with Crippen molar-refractivity contribution in [2.45, 2.75) is 39.2 Å². The number of nitrogens with zero attached hydrogens (tertiary/aromatic N) is 3.